The number of benzene rings is 1. The van der Waals surface area contributed by atoms with Gasteiger partial charge in [-0.15, -0.1) is 0 Å². The fraction of sp³-hybridized carbons (Fsp3) is 0.250. The first kappa shape index (κ1) is 18.4. The van der Waals surface area contributed by atoms with Crippen LogP contribution < -0.4 is 20.3 Å². The number of H-pyrrole nitrogens is 1. The number of methoxy groups -OCH3 is 2. The van der Waals surface area contributed by atoms with Gasteiger partial charge in [-0.05, 0) is 12.3 Å². The van der Waals surface area contributed by atoms with Crippen molar-refractivity contribution in [2.24, 2.45) is 0 Å². The molecule has 130 valence electrons. The number of ether oxygens (including phenoxy) is 2. The Labute approximate surface area is 148 Å². The van der Waals surface area contributed by atoms with Crippen molar-refractivity contribution in [3.05, 3.63) is 28.0 Å². The van der Waals surface area contributed by atoms with Gasteiger partial charge in [-0.25, -0.2) is 4.98 Å². The molecule has 1 aromatic heterocycles. The smallest absolute Gasteiger partial charge is 0.270 e. The molecule has 2 rings (SSSR count). The zero-order chi connectivity index (χ0) is 18.6. The molecule has 0 aliphatic rings. The van der Waals surface area contributed by atoms with E-state index in [0.717, 1.165) is 0 Å². The molecule has 1 amide bonds. The highest BCUT2D eigenvalue weighted by Crippen LogP contribution is 2.39. The second-order valence-electron chi connectivity index (χ2n) is 4.84. The fourth-order valence-electron chi connectivity index (χ4n) is 2.22. The molecule has 0 fully saturated rings. The van der Waals surface area contributed by atoms with Crippen molar-refractivity contribution in [2.45, 2.75) is 12.1 Å². The van der Waals surface area contributed by atoms with Crippen molar-refractivity contribution < 1.29 is 14.3 Å². The summed E-state index contributed by atoms with van der Waals surface area (Å²) < 4.78 is 10.5. The van der Waals surface area contributed by atoms with Crippen molar-refractivity contribution in [1.82, 2.24) is 9.97 Å². The topological polar surface area (TPSA) is 117 Å². The molecular formula is C16H16N4O4S. The first-order valence-electron chi connectivity index (χ1n) is 7.07. The number of amides is 1. The highest BCUT2D eigenvalue weighted by atomic mass is 32.2. The van der Waals surface area contributed by atoms with Crippen LogP contribution in [0.25, 0.3) is 11.3 Å². The minimum Gasteiger partial charge on any atom is -0.493 e. The number of aromatic amines is 1. The van der Waals surface area contributed by atoms with Crippen LogP contribution in [0.4, 0.5) is 5.69 Å². The molecule has 1 aromatic carbocycles. The van der Waals surface area contributed by atoms with E-state index in [-0.39, 0.29) is 17.2 Å². The van der Waals surface area contributed by atoms with Crippen LogP contribution in [-0.4, -0.2) is 36.4 Å². The van der Waals surface area contributed by atoms with E-state index in [1.165, 1.54) is 32.9 Å². The molecule has 8 nitrogen and oxygen atoms in total. The first-order chi connectivity index (χ1) is 11.9. The maximum atomic E-state index is 12.2. The molecule has 0 unspecified atom stereocenters. The minimum absolute atomic E-state index is 0.153. The lowest BCUT2D eigenvalue weighted by Crippen LogP contribution is -2.16. The van der Waals surface area contributed by atoms with Crippen molar-refractivity contribution in [1.29, 1.82) is 5.26 Å². The average molecular weight is 360 g/mol. The number of hydrogen-bond donors (Lipinski definition) is 2. The maximum absolute atomic E-state index is 12.2. The number of thioether (sulfide) groups is 1. The molecule has 0 aliphatic heterocycles. The van der Waals surface area contributed by atoms with Gasteiger partial charge in [0.2, 0.25) is 5.91 Å². The Morgan fingerprint density at radius 1 is 1.32 bits per heavy atom. The van der Waals surface area contributed by atoms with E-state index in [1.54, 1.807) is 18.4 Å². The summed E-state index contributed by atoms with van der Waals surface area (Å²) in [5.74, 6) is 0.452. The summed E-state index contributed by atoms with van der Waals surface area (Å²) in [6.07, 6.45) is 1.75. The average Bonchev–Trinajstić information content (AvgIpc) is 2.60. The summed E-state index contributed by atoms with van der Waals surface area (Å²) in [6, 6.07) is 4.98. The van der Waals surface area contributed by atoms with Gasteiger partial charge in [0, 0.05) is 18.6 Å². The van der Waals surface area contributed by atoms with Crippen LogP contribution >= 0.6 is 11.8 Å². The zero-order valence-electron chi connectivity index (χ0n) is 14.1. The van der Waals surface area contributed by atoms with Crippen molar-refractivity contribution >= 4 is 23.4 Å². The molecule has 0 saturated heterocycles. The van der Waals surface area contributed by atoms with Gasteiger partial charge in [0.1, 0.15) is 11.6 Å². The van der Waals surface area contributed by atoms with Crippen molar-refractivity contribution in [3.63, 3.8) is 0 Å². The van der Waals surface area contributed by atoms with Crippen LogP contribution in [0.15, 0.2) is 22.1 Å². The van der Waals surface area contributed by atoms with E-state index < -0.39 is 5.56 Å². The van der Waals surface area contributed by atoms with E-state index >= 15 is 0 Å². The normalized spacial score (nSPS) is 10.0. The third-order valence-electron chi connectivity index (χ3n) is 3.29. The predicted molar refractivity (Wildman–Crippen MR) is 94.2 cm³/mol. The molecular weight excluding hydrogens is 344 g/mol. The molecule has 0 atom stereocenters. The summed E-state index contributed by atoms with van der Waals surface area (Å²) in [4.78, 5) is 30.6. The number of hydrogen-bond acceptors (Lipinski definition) is 7. The summed E-state index contributed by atoms with van der Waals surface area (Å²) in [6.45, 7) is 1.35. The lowest BCUT2D eigenvalue weighted by atomic mass is 10.0. The van der Waals surface area contributed by atoms with Crippen LogP contribution in [0.5, 0.6) is 11.5 Å². The number of nitriles is 1. The van der Waals surface area contributed by atoms with Crippen LogP contribution in [0.2, 0.25) is 0 Å². The Balaban J connectivity index is 2.85. The van der Waals surface area contributed by atoms with Gasteiger partial charge in [-0.2, -0.15) is 5.26 Å². The molecule has 0 spiro atoms. The molecule has 9 heteroatoms. The van der Waals surface area contributed by atoms with E-state index in [4.69, 9.17) is 9.47 Å². The summed E-state index contributed by atoms with van der Waals surface area (Å²) in [5, 5.41) is 12.4. The Kier molecular flexibility index (Phi) is 5.67. The Bertz CT molecular complexity index is 918. The lowest BCUT2D eigenvalue weighted by molar-refractivity contribution is -0.114. The van der Waals surface area contributed by atoms with E-state index in [9.17, 15) is 14.9 Å². The van der Waals surface area contributed by atoms with Gasteiger partial charge >= 0.3 is 0 Å². The number of carbonyl (C=O) groups excluding carboxylic acids is 1. The molecule has 2 aromatic rings. The predicted octanol–water partition coefficient (Wildman–Crippen LogP) is 2.01. The van der Waals surface area contributed by atoms with Crippen LogP contribution in [-0.2, 0) is 4.79 Å². The lowest BCUT2D eigenvalue weighted by Gasteiger charge is -2.15. The number of nitrogens with one attached hydrogen (secondary N) is 2. The summed E-state index contributed by atoms with van der Waals surface area (Å²) in [7, 11) is 2.93. The standard InChI is InChI=1S/C16H16N4O4S/c1-8(21)18-11-6-13(24-3)12(23-2)5-9(11)14-10(7-17)15(22)20-16(19-14)25-4/h5-6H,1-4H3,(H,18,21)(H,19,20,22). The molecule has 0 saturated carbocycles. The van der Waals surface area contributed by atoms with Gasteiger partial charge in [0.25, 0.3) is 5.56 Å². The second-order valence-corrected chi connectivity index (χ2v) is 5.64. The van der Waals surface area contributed by atoms with Crippen LogP contribution in [0.1, 0.15) is 12.5 Å². The molecule has 0 aliphatic carbocycles. The minimum atomic E-state index is -0.555. The second kappa shape index (κ2) is 7.72. The number of aromatic nitrogens is 2. The molecule has 0 bridgehead atoms. The SMILES string of the molecule is COc1cc(NC(C)=O)c(-c2nc(SC)[nH]c(=O)c2C#N)cc1OC. The van der Waals surface area contributed by atoms with Gasteiger partial charge < -0.3 is 19.8 Å². The summed E-state index contributed by atoms with van der Waals surface area (Å²) in [5.41, 5.74) is 0.176. The number of rotatable bonds is 5. The quantitative estimate of drug-likeness (QED) is 0.618. The van der Waals surface area contributed by atoms with Gasteiger partial charge in [-0.3, -0.25) is 9.59 Å². The fourth-order valence-corrected chi connectivity index (χ4v) is 2.59. The molecule has 1 heterocycles. The van der Waals surface area contributed by atoms with Gasteiger partial charge in [0.05, 0.1) is 25.6 Å². The zero-order valence-corrected chi connectivity index (χ0v) is 14.9. The molecule has 2 N–H and O–H groups in total. The number of nitrogens with zero attached hydrogens (tertiary/aromatic N) is 2. The van der Waals surface area contributed by atoms with Crippen molar-refractivity contribution in [3.8, 4) is 28.8 Å². The third-order valence-corrected chi connectivity index (χ3v) is 3.87. The first-order valence-corrected chi connectivity index (χ1v) is 8.30. The van der Waals surface area contributed by atoms with Crippen molar-refractivity contribution in [2.75, 3.05) is 25.8 Å². The Morgan fingerprint density at radius 3 is 2.48 bits per heavy atom. The highest BCUT2D eigenvalue weighted by molar-refractivity contribution is 7.98. The summed E-state index contributed by atoms with van der Waals surface area (Å²) >= 11 is 1.23. The van der Waals surface area contributed by atoms with Gasteiger partial charge in [-0.1, -0.05) is 11.8 Å². The van der Waals surface area contributed by atoms with E-state index in [1.807, 2.05) is 6.07 Å². The molecule has 25 heavy (non-hydrogen) atoms. The van der Waals surface area contributed by atoms with Crippen LogP contribution in [0.3, 0.4) is 0 Å². The molecule has 0 radical (unpaired) electrons. The number of anilines is 1. The van der Waals surface area contributed by atoms with Crippen LogP contribution in [0, 0.1) is 11.3 Å². The Morgan fingerprint density at radius 2 is 1.96 bits per heavy atom. The Hall–Kier alpha value is -2.99. The third kappa shape index (κ3) is 3.75. The van der Waals surface area contributed by atoms with E-state index in [0.29, 0.717) is 27.9 Å². The highest BCUT2D eigenvalue weighted by Gasteiger charge is 2.20. The maximum Gasteiger partial charge on any atom is 0.270 e. The largest absolute Gasteiger partial charge is 0.493 e. The monoisotopic (exact) mass is 360 g/mol. The van der Waals surface area contributed by atoms with Gasteiger partial charge in [0.15, 0.2) is 16.7 Å². The number of carbonyl (C=O) groups is 1. The van der Waals surface area contributed by atoms with E-state index in [2.05, 4.69) is 15.3 Å².